The van der Waals surface area contributed by atoms with E-state index in [-0.39, 0.29) is 11.0 Å². The van der Waals surface area contributed by atoms with Crippen molar-refractivity contribution in [2.24, 2.45) is 0 Å². The summed E-state index contributed by atoms with van der Waals surface area (Å²) in [5.74, 6) is 0.833. The Bertz CT molecular complexity index is 1080. The molecular formula is C25H29ClN4O. The average molecular weight is 437 g/mol. The van der Waals surface area contributed by atoms with Crippen molar-refractivity contribution < 1.29 is 0 Å². The predicted molar refractivity (Wildman–Crippen MR) is 125 cm³/mol. The molecule has 1 atom stereocenters. The van der Waals surface area contributed by atoms with Gasteiger partial charge in [0.05, 0.1) is 5.69 Å². The van der Waals surface area contributed by atoms with Crippen molar-refractivity contribution in [3.63, 3.8) is 0 Å². The third-order valence-electron chi connectivity index (χ3n) is 7.84. The second-order valence-corrected chi connectivity index (χ2v) is 10.1. The summed E-state index contributed by atoms with van der Waals surface area (Å²) in [5, 5.41) is 0.785. The molecule has 5 nitrogen and oxygen atoms in total. The van der Waals surface area contributed by atoms with Gasteiger partial charge in [-0.05, 0) is 74.8 Å². The van der Waals surface area contributed by atoms with Gasteiger partial charge in [0.25, 0.3) is 5.56 Å². The van der Waals surface area contributed by atoms with Crippen molar-refractivity contribution in [1.82, 2.24) is 14.9 Å². The molecule has 2 aromatic rings. The first-order valence-corrected chi connectivity index (χ1v) is 12.1. The number of rotatable bonds is 3. The van der Waals surface area contributed by atoms with Gasteiger partial charge in [0.15, 0.2) is 0 Å². The molecule has 1 spiro atoms. The fourth-order valence-corrected chi connectivity index (χ4v) is 5.96. The molecule has 6 rings (SSSR count). The van der Waals surface area contributed by atoms with Crippen LogP contribution in [0.25, 0.3) is 5.57 Å². The first-order chi connectivity index (χ1) is 15.1. The van der Waals surface area contributed by atoms with E-state index in [9.17, 15) is 4.79 Å². The zero-order valence-corrected chi connectivity index (χ0v) is 18.6. The maximum atomic E-state index is 12.8. The van der Waals surface area contributed by atoms with Crippen LogP contribution >= 0.6 is 11.6 Å². The van der Waals surface area contributed by atoms with E-state index >= 15 is 0 Å². The van der Waals surface area contributed by atoms with Crippen molar-refractivity contribution in [2.45, 2.75) is 56.4 Å². The van der Waals surface area contributed by atoms with E-state index in [1.807, 2.05) is 12.1 Å². The van der Waals surface area contributed by atoms with E-state index < -0.39 is 0 Å². The topological polar surface area (TPSA) is 52.2 Å². The molecule has 0 radical (unpaired) electrons. The summed E-state index contributed by atoms with van der Waals surface area (Å²) in [6.07, 6.45) is 10.1. The zero-order valence-electron chi connectivity index (χ0n) is 17.9. The van der Waals surface area contributed by atoms with Gasteiger partial charge in [0.1, 0.15) is 5.82 Å². The Hall–Kier alpha value is -2.11. The van der Waals surface area contributed by atoms with Gasteiger partial charge in [0.2, 0.25) is 0 Å². The second-order valence-electron chi connectivity index (χ2n) is 9.67. The van der Waals surface area contributed by atoms with Crippen LogP contribution in [-0.2, 0) is 11.8 Å². The Kier molecular flexibility index (Phi) is 4.73. The average Bonchev–Trinajstić information content (AvgIpc) is 3.38. The first-order valence-electron chi connectivity index (χ1n) is 11.7. The van der Waals surface area contributed by atoms with Crippen molar-refractivity contribution in [3.05, 3.63) is 62.8 Å². The number of benzene rings is 1. The number of H-pyrrole nitrogens is 1. The molecule has 162 valence electrons. The first kappa shape index (κ1) is 19.6. The lowest BCUT2D eigenvalue weighted by molar-refractivity contribution is 0.214. The van der Waals surface area contributed by atoms with Crippen LogP contribution in [0.4, 0.5) is 5.69 Å². The molecule has 1 N–H and O–H groups in total. The summed E-state index contributed by atoms with van der Waals surface area (Å²) >= 11 is 6.03. The summed E-state index contributed by atoms with van der Waals surface area (Å²) in [6.45, 7) is 4.15. The standard InChI is InChI=1S/C25H29ClN4O/c26-18-4-7-19(8-5-18)29-12-14-30(15-13-29)20-6-3-17(16-20)23-27-22-21(24(31)28-23)2-1-9-25(22)10-11-25/h4-5,7-8,16,20H,1-3,6,9-15H2,(H,27,28,31)/t20-/m0/s1. The van der Waals surface area contributed by atoms with Gasteiger partial charge >= 0.3 is 0 Å². The molecule has 6 heteroatoms. The number of halogens is 1. The minimum atomic E-state index is 0.104. The number of hydrogen-bond donors (Lipinski definition) is 1. The molecule has 0 bridgehead atoms. The number of nitrogens with one attached hydrogen (secondary N) is 1. The van der Waals surface area contributed by atoms with Crippen molar-refractivity contribution >= 4 is 22.9 Å². The second kappa shape index (κ2) is 7.49. The largest absolute Gasteiger partial charge is 0.369 e. The lowest BCUT2D eigenvalue weighted by atomic mass is 9.84. The van der Waals surface area contributed by atoms with Gasteiger partial charge in [-0.1, -0.05) is 17.7 Å². The molecule has 1 saturated carbocycles. The van der Waals surface area contributed by atoms with Gasteiger partial charge in [-0.25, -0.2) is 4.98 Å². The minimum Gasteiger partial charge on any atom is -0.369 e. The van der Waals surface area contributed by atoms with E-state index in [1.54, 1.807) is 0 Å². The Morgan fingerprint density at radius 2 is 1.81 bits per heavy atom. The van der Waals surface area contributed by atoms with Crippen molar-refractivity contribution in [1.29, 1.82) is 0 Å². The number of aromatic amines is 1. The number of nitrogens with zero attached hydrogens (tertiary/aromatic N) is 3. The highest BCUT2D eigenvalue weighted by Gasteiger charge is 2.49. The van der Waals surface area contributed by atoms with Gasteiger partial charge in [0, 0.05) is 53.9 Å². The molecule has 1 aliphatic heterocycles. The Balaban J connectivity index is 1.17. The molecule has 31 heavy (non-hydrogen) atoms. The molecule has 0 unspecified atom stereocenters. The van der Waals surface area contributed by atoms with Gasteiger partial charge in [-0.2, -0.15) is 0 Å². The number of aromatic nitrogens is 2. The quantitative estimate of drug-likeness (QED) is 0.784. The van der Waals surface area contributed by atoms with E-state index in [1.165, 1.54) is 30.5 Å². The van der Waals surface area contributed by atoms with Crippen LogP contribution in [0.1, 0.15) is 55.6 Å². The number of piperazine rings is 1. The predicted octanol–water partition coefficient (Wildman–Crippen LogP) is 4.16. The highest BCUT2D eigenvalue weighted by atomic mass is 35.5. The van der Waals surface area contributed by atoms with E-state index in [4.69, 9.17) is 16.6 Å². The summed E-state index contributed by atoms with van der Waals surface area (Å²) < 4.78 is 0. The van der Waals surface area contributed by atoms with Crippen LogP contribution in [0.5, 0.6) is 0 Å². The molecule has 0 amide bonds. The van der Waals surface area contributed by atoms with Crippen molar-refractivity contribution in [3.8, 4) is 0 Å². The zero-order chi connectivity index (χ0) is 21.0. The van der Waals surface area contributed by atoms with E-state index in [0.717, 1.165) is 74.0 Å². The maximum Gasteiger partial charge on any atom is 0.254 e. The molecular weight excluding hydrogens is 408 g/mol. The molecule has 1 aromatic heterocycles. The monoisotopic (exact) mass is 436 g/mol. The van der Waals surface area contributed by atoms with Gasteiger partial charge in [-0.3, -0.25) is 9.69 Å². The Labute approximate surface area is 188 Å². The minimum absolute atomic E-state index is 0.104. The Morgan fingerprint density at radius 1 is 1.03 bits per heavy atom. The number of hydrogen-bond acceptors (Lipinski definition) is 4. The Morgan fingerprint density at radius 3 is 2.55 bits per heavy atom. The maximum absolute atomic E-state index is 12.8. The normalized spacial score (nSPS) is 24.9. The smallest absolute Gasteiger partial charge is 0.254 e. The lowest BCUT2D eigenvalue weighted by Gasteiger charge is -2.38. The SMILES string of the molecule is O=c1[nH]c(C2=C[C@@H](N3CCN(c4ccc(Cl)cc4)CC3)CC2)nc2c1CCCC21CC1. The van der Waals surface area contributed by atoms with E-state index in [0.29, 0.717) is 6.04 Å². The van der Waals surface area contributed by atoms with E-state index in [2.05, 4.69) is 33.0 Å². The number of anilines is 1. The highest BCUT2D eigenvalue weighted by Crippen LogP contribution is 2.54. The van der Waals surface area contributed by atoms with Crippen LogP contribution < -0.4 is 10.5 Å². The van der Waals surface area contributed by atoms with Crippen LogP contribution in [0.2, 0.25) is 5.02 Å². The molecule has 1 aromatic carbocycles. The third-order valence-corrected chi connectivity index (χ3v) is 8.09. The summed E-state index contributed by atoms with van der Waals surface area (Å²) in [5.41, 5.74) is 4.89. The molecule has 1 saturated heterocycles. The number of allylic oxidation sites excluding steroid dienone is 1. The fourth-order valence-electron chi connectivity index (χ4n) is 5.83. The summed E-state index contributed by atoms with van der Waals surface area (Å²) in [4.78, 5) is 26.0. The summed E-state index contributed by atoms with van der Waals surface area (Å²) in [6, 6.07) is 8.59. The fraction of sp³-hybridized carbons (Fsp3) is 0.520. The molecule has 4 aliphatic rings. The molecule has 2 fully saturated rings. The third kappa shape index (κ3) is 3.52. The van der Waals surface area contributed by atoms with Gasteiger partial charge in [-0.15, -0.1) is 0 Å². The van der Waals surface area contributed by atoms with Crippen LogP contribution in [0, 0.1) is 0 Å². The van der Waals surface area contributed by atoms with Crippen LogP contribution in [0.15, 0.2) is 35.1 Å². The summed E-state index contributed by atoms with van der Waals surface area (Å²) in [7, 11) is 0. The highest BCUT2D eigenvalue weighted by molar-refractivity contribution is 6.30. The van der Waals surface area contributed by atoms with Crippen LogP contribution in [-0.4, -0.2) is 47.1 Å². The van der Waals surface area contributed by atoms with Gasteiger partial charge < -0.3 is 9.88 Å². The van der Waals surface area contributed by atoms with Crippen molar-refractivity contribution in [2.75, 3.05) is 31.1 Å². The molecule has 3 aliphatic carbocycles. The lowest BCUT2D eigenvalue weighted by Crippen LogP contribution is -2.49. The van der Waals surface area contributed by atoms with Crippen LogP contribution in [0.3, 0.4) is 0 Å². The number of fused-ring (bicyclic) bond motifs is 2. The molecule has 2 heterocycles.